The molecule has 0 unspecified atom stereocenters. The van der Waals surface area contributed by atoms with Crippen molar-refractivity contribution < 1.29 is 0 Å². The first-order chi connectivity index (χ1) is 5.68. The van der Waals surface area contributed by atoms with E-state index >= 15 is 0 Å². The fourth-order valence-electron chi connectivity index (χ4n) is 0.758. The van der Waals surface area contributed by atoms with E-state index in [2.05, 4.69) is 28.1 Å². The molecule has 0 fully saturated rings. The predicted octanol–water partition coefficient (Wildman–Crippen LogP) is 2.89. The smallest absolute Gasteiger partial charge is 0.0176 e. The molecule has 1 atom stereocenters. The van der Waals surface area contributed by atoms with Gasteiger partial charge in [0.05, 0.1) is 0 Å². The van der Waals surface area contributed by atoms with Crippen LogP contribution < -0.4 is 5.73 Å². The highest BCUT2D eigenvalue weighted by atomic mass is 79.9. The lowest BCUT2D eigenvalue weighted by molar-refractivity contribution is 0.847. The third-order valence-electron chi connectivity index (χ3n) is 1.33. The van der Waals surface area contributed by atoms with E-state index < -0.39 is 0 Å². The molecule has 0 amide bonds. The molecule has 0 aliphatic rings. The van der Waals surface area contributed by atoms with Crippen LogP contribution in [0.5, 0.6) is 0 Å². The molecule has 1 aromatic rings. The van der Waals surface area contributed by atoms with Gasteiger partial charge < -0.3 is 5.73 Å². The van der Waals surface area contributed by atoms with Crippen LogP contribution in [0, 0.1) is 0 Å². The molecule has 0 aliphatic carbocycles. The van der Waals surface area contributed by atoms with Crippen LogP contribution >= 0.6 is 27.7 Å². The van der Waals surface area contributed by atoms with E-state index in [4.69, 9.17) is 5.73 Å². The minimum absolute atomic E-state index is 0.263. The number of thioether (sulfide) groups is 1. The Morgan fingerprint density at radius 1 is 1.42 bits per heavy atom. The molecular weight excluding hydrogens is 234 g/mol. The third-order valence-corrected chi connectivity index (χ3v) is 3.15. The molecule has 0 saturated carbocycles. The Kier molecular flexibility index (Phi) is 4.12. The summed E-state index contributed by atoms with van der Waals surface area (Å²) in [7, 11) is 0. The molecule has 0 heterocycles. The highest BCUT2D eigenvalue weighted by molar-refractivity contribution is 9.10. The van der Waals surface area contributed by atoms with E-state index in [1.54, 1.807) is 11.8 Å². The molecule has 3 heteroatoms. The SMILES string of the molecule is C[C@H](N)CSc1ccc(Br)cc1. The number of halogens is 1. The van der Waals surface area contributed by atoms with Crippen LogP contribution in [0.25, 0.3) is 0 Å². The molecule has 1 aromatic carbocycles. The quantitative estimate of drug-likeness (QED) is 0.830. The van der Waals surface area contributed by atoms with Crippen molar-refractivity contribution in [2.75, 3.05) is 5.75 Å². The molecular formula is C9H12BrNS. The van der Waals surface area contributed by atoms with Gasteiger partial charge in [-0.25, -0.2) is 0 Å². The average molecular weight is 246 g/mol. The lowest BCUT2D eigenvalue weighted by Crippen LogP contribution is -2.17. The first-order valence-corrected chi connectivity index (χ1v) is 5.60. The van der Waals surface area contributed by atoms with Gasteiger partial charge in [-0.15, -0.1) is 11.8 Å². The first-order valence-electron chi connectivity index (χ1n) is 3.82. The zero-order valence-corrected chi connectivity index (χ0v) is 9.36. The minimum atomic E-state index is 0.263. The van der Waals surface area contributed by atoms with Gasteiger partial charge >= 0.3 is 0 Å². The summed E-state index contributed by atoms with van der Waals surface area (Å²) in [6.45, 7) is 2.02. The maximum atomic E-state index is 5.64. The summed E-state index contributed by atoms with van der Waals surface area (Å²) in [5.74, 6) is 0.974. The largest absolute Gasteiger partial charge is 0.327 e. The molecule has 2 N–H and O–H groups in total. The molecule has 66 valence electrons. The van der Waals surface area contributed by atoms with Crippen LogP contribution in [-0.2, 0) is 0 Å². The van der Waals surface area contributed by atoms with Crippen LogP contribution in [0.15, 0.2) is 33.6 Å². The van der Waals surface area contributed by atoms with E-state index in [1.165, 1.54) is 4.90 Å². The van der Waals surface area contributed by atoms with Gasteiger partial charge in [0.2, 0.25) is 0 Å². The molecule has 0 aliphatic heterocycles. The van der Waals surface area contributed by atoms with Gasteiger partial charge in [0.25, 0.3) is 0 Å². The molecule has 0 radical (unpaired) electrons. The zero-order chi connectivity index (χ0) is 8.97. The van der Waals surface area contributed by atoms with Crippen molar-refractivity contribution in [3.63, 3.8) is 0 Å². The maximum absolute atomic E-state index is 5.64. The van der Waals surface area contributed by atoms with Crippen molar-refractivity contribution in [1.82, 2.24) is 0 Å². The van der Waals surface area contributed by atoms with Crippen LogP contribution in [0.1, 0.15) is 6.92 Å². The minimum Gasteiger partial charge on any atom is -0.327 e. The Bertz CT molecular complexity index is 233. The number of hydrogen-bond acceptors (Lipinski definition) is 2. The van der Waals surface area contributed by atoms with Gasteiger partial charge in [0.15, 0.2) is 0 Å². The lowest BCUT2D eigenvalue weighted by Gasteiger charge is -2.04. The van der Waals surface area contributed by atoms with Crippen molar-refractivity contribution >= 4 is 27.7 Å². The summed E-state index contributed by atoms with van der Waals surface area (Å²) < 4.78 is 1.12. The summed E-state index contributed by atoms with van der Waals surface area (Å²) in [6.07, 6.45) is 0. The summed E-state index contributed by atoms with van der Waals surface area (Å²) in [6, 6.07) is 8.54. The van der Waals surface area contributed by atoms with Crippen LogP contribution in [-0.4, -0.2) is 11.8 Å². The highest BCUT2D eigenvalue weighted by Crippen LogP contribution is 2.20. The Hall–Kier alpha value is 0.01000. The van der Waals surface area contributed by atoms with Crippen LogP contribution in [0.4, 0.5) is 0 Å². The van der Waals surface area contributed by atoms with E-state index in [0.29, 0.717) is 0 Å². The first kappa shape index (κ1) is 10.1. The van der Waals surface area contributed by atoms with Crippen LogP contribution in [0.3, 0.4) is 0 Å². The molecule has 12 heavy (non-hydrogen) atoms. The molecule has 0 bridgehead atoms. The van der Waals surface area contributed by atoms with Crippen molar-refractivity contribution in [3.8, 4) is 0 Å². The topological polar surface area (TPSA) is 26.0 Å². The van der Waals surface area contributed by atoms with E-state index in [0.717, 1.165) is 10.2 Å². The van der Waals surface area contributed by atoms with Crippen LogP contribution in [0.2, 0.25) is 0 Å². The van der Waals surface area contributed by atoms with Crippen molar-refractivity contribution in [2.45, 2.75) is 17.9 Å². The van der Waals surface area contributed by atoms with Gasteiger partial charge in [-0.1, -0.05) is 15.9 Å². The standard InChI is InChI=1S/C9H12BrNS/c1-7(11)6-12-9-4-2-8(10)3-5-9/h2-5,7H,6,11H2,1H3/t7-/m0/s1. The monoisotopic (exact) mass is 245 g/mol. The number of nitrogens with two attached hydrogens (primary N) is 1. The van der Waals surface area contributed by atoms with Gasteiger partial charge in [-0.2, -0.15) is 0 Å². The number of benzene rings is 1. The van der Waals surface area contributed by atoms with Gasteiger partial charge in [0.1, 0.15) is 0 Å². The molecule has 0 aromatic heterocycles. The molecule has 1 rings (SSSR count). The second kappa shape index (κ2) is 4.90. The Morgan fingerprint density at radius 2 is 2.00 bits per heavy atom. The number of hydrogen-bond donors (Lipinski definition) is 1. The van der Waals surface area contributed by atoms with Gasteiger partial charge in [-0.05, 0) is 31.2 Å². The van der Waals surface area contributed by atoms with Crippen molar-refractivity contribution in [2.24, 2.45) is 5.73 Å². The van der Waals surface area contributed by atoms with Gasteiger partial charge in [-0.3, -0.25) is 0 Å². The van der Waals surface area contributed by atoms with E-state index in [1.807, 2.05) is 19.1 Å². The average Bonchev–Trinajstić information content (AvgIpc) is 2.03. The second-order valence-electron chi connectivity index (χ2n) is 2.74. The molecule has 0 saturated heterocycles. The summed E-state index contributed by atoms with van der Waals surface area (Å²) in [5.41, 5.74) is 5.64. The molecule has 0 spiro atoms. The fraction of sp³-hybridized carbons (Fsp3) is 0.333. The van der Waals surface area contributed by atoms with Crippen molar-refractivity contribution in [3.05, 3.63) is 28.7 Å². The number of rotatable bonds is 3. The Labute approximate surface area is 85.9 Å². The van der Waals surface area contributed by atoms with Gasteiger partial charge in [0, 0.05) is 21.2 Å². The third kappa shape index (κ3) is 3.61. The summed E-state index contributed by atoms with van der Waals surface area (Å²) in [4.78, 5) is 1.27. The lowest BCUT2D eigenvalue weighted by atomic mass is 10.4. The Balaban J connectivity index is 2.48. The highest BCUT2D eigenvalue weighted by Gasteiger charge is 1.96. The second-order valence-corrected chi connectivity index (χ2v) is 4.75. The van der Waals surface area contributed by atoms with E-state index in [-0.39, 0.29) is 6.04 Å². The van der Waals surface area contributed by atoms with E-state index in [9.17, 15) is 0 Å². The zero-order valence-electron chi connectivity index (χ0n) is 6.96. The maximum Gasteiger partial charge on any atom is 0.0176 e. The normalized spacial score (nSPS) is 12.9. The summed E-state index contributed by atoms with van der Waals surface area (Å²) in [5, 5.41) is 0. The van der Waals surface area contributed by atoms with Crippen molar-refractivity contribution in [1.29, 1.82) is 0 Å². The molecule has 1 nitrogen and oxygen atoms in total. The fourth-order valence-corrected chi connectivity index (χ4v) is 1.81. The summed E-state index contributed by atoms with van der Waals surface area (Å²) >= 11 is 5.18. The Morgan fingerprint density at radius 3 is 2.50 bits per heavy atom. The predicted molar refractivity (Wildman–Crippen MR) is 58.5 cm³/mol.